The van der Waals surface area contributed by atoms with E-state index in [1.165, 1.54) is 0 Å². The Balaban J connectivity index is 2.40. The van der Waals surface area contributed by atoms with Crippen molar-refractivity contribution in [2.24, 2.45) is 5.73 Å². The Bertz CT molecular complexity index is 221. The van der Waals surface area contributed by atoms with Gasteiger partial charge in [-0.15, -0.1) is 0 Å². The van der Waals surface area contributed by atoms with Gasteiger partial charge in [0.15, 0.2) is 0 Å². The van der Waals surface area contributed by atoms with Gasteiger partial charge in [-0.2, -0.15) is 0 Å². The third-order valence-electron chi connectivity index (χ3n) is 3.50. The second-order valence-corrected chi connectivity index (χ2v) is 4.45. The van der Waals surface area contributed by atoms with E-state index in [0.29, 0.717) is 6.54 Å². The standard InChI is InChI=1S/C12H24N2O2/c1-3-14(4-2)11(15)9-16-12(10-13)7-5-6-8-12/h3-10,13H2,1-2H3. The van der Waals surface area contributed by atoms with Crippen LogP contribution >= 0.6 is 0 Å². The van der Waals surface area contributed by atoms with Gasteiger partial charge in [0.1, 0.15) is 6.61 Å². The molecule has 1 amide bonds. The first-order valence-electron chi connectivity index (χ1n) is 6.29. The molecule has 1 saturated carbocycles. The van der Waals surface area contributed by atoms with Crippen LogP contribution < -0.4 is 5.73 Å². The Hall–Kier alpha value is -0.610. The summed E-state index contributed by atoms with van der Waals surface area (Å²) in [6.45, 7) is 6.16. The van der Waals surface area contributed by atoms with E-state index in [1.54, 1.807) is 4.90 Å². The van der Waals surface area contributed by atoms with Gasteiger partial charge in [0, 0.05) is 19.6 Å². The number of hydrogen-bond acceptors (Lipinski definition) is 3. The van der Waals surface area contributed by atoms with Crippen molar-refractivity contribution >= 4 is 5.91 Å². The van der Waals surface area contributed by atoms with Crippen LogP contribution in [0.2, 0.25) is 0 Å². The summed E-state index contributed by atoms with van der Waals surface area (Å²) in [5.41, 5.74) is 5.53. The lowest BCUT2D eigenvalue weighted by atomic mass is 10.0. The molecule has 0 aromatic rings. The Morgan fingerprint density at radius 1 is 1.31 bits per heavy atom. The van der Waals surface area contributed by atoms with Crippen LogP contribution in [0.15, 0.2) is 0 Å². The maximum Gasteiger partial charge on any atom is 0.248 e. The number of carbonyl (C=O) groups excluding carboxylic acids is 1. The maximum atomic E-state index is 11.8. The average molecular weight is 228 g/mol. The first-order valence-corrected chi connectivity index (χ1v) is 6.29. The van der Waals surface area contributed by atoms with Crippen molar-refractivity contribution in [1.82, 2.24) is 4.90 Å². The van der Waals surface area contributed by atoms with Gasteiger partial charge in [0.05, 0.1) is 5.60 Å². The van der Waals surface area contributed by atoms with E-state index in [2.05, 4.69) is 0 Å². The molecule has 0 aromatic carbocycles. The predicted molar refractivity (Wildman–Crippen MR) is 64.1 cm³/mol. The monoisotopic (exact) mass is 228 g/mol. The molecular formula is C12H24N2O2. The van der Waals surface area contributed by atoms with E-state index in [-0.39, 0.29) is 18.1 Å². The zero-order valence-electron chi connectivity index (χ0n) is 10.5. The highest BCUT2D eigenvalue weighted by molar-refractivity contribution is 5.77. The highest BCUT2D eigenvalue weighted by atomic mass is 16.5. The van der Waals surface area contributed by atoms with Crippen molar-refractivity contribution in [3.05, 3.63) is 0 Å². The van der Waals surface area contributed by atoms with Gasteiger partial charge >= 0.3 is 0 Å². The van der Waals surface area contributed by atoms with Gasteiger partial charge in [-0.25, -0.2) is 0 Å². The molecule has 4 heteroatoms. The molecule has 1 fully saturated rings. The zero-order chi connectivity index (χ0) is 12.0. The van der Waals surface area contributed by atoms with Crippen molar-refractivity contribution < 1.29 is 9.53 Å². The summed E-state index contributed by atoms with van der Waals surface area (Å²) in [6.07, 6.45) is 4.32. The van der Waals surface area contributed by atoms with Crippen LogP contribution in [0.4, 0.5) is 0 Å². The van der Waals surface area contributed by atoms with Gasteiger partial charge in [0.2, 0.25) is 5.91 Å². The number of nitrogens with two attached hydrogens (primary N) is 1. The number of ether oxygens (including phenoxy) is 1. The zero-order valence-corrected chi connectivity index (χ0v) is 10.5. The van der Waals surface area contributed by atoms with E-state index < -0.39 is 0 Å². The van der Waals surface area contributed by atoms with Crippen molar-refractivity contribution in [2.45, 2.75) is 45.1 Å². The van der Waals surface area contributed by atoms with Gasteiger partial charge in [-0.3, -0.25) is 4.79 Å². The number of likely N-dealkylation sites (N-methyl/N-ethyl adjacent to an activating group) is 1. The fourth-order valence-electron chi connectivity index (χ4n) is 2.31. The minimum absolute atomic E-state index is 0.0738. The third-order valence-corrected chi connectivity index (χ3v) is 3.50. The number of rotatable bonds is 6. The fraction of sp³-hybridized carbons (Fsp3) is 0.917. The lowest BCUT2D eigenvalue weighted by Gasteiger charge is -2.29. The highest BCUT2D eigenvalue weighted by Gasteiger charge is 2.34. The predicted octanol–water partition coefficient (Wildman–Crippen LogP) is 1.14. The molecule has 1 aliphatic rings. The van der Waals surface area contributed by atoms with Crippen LogP contribution in [-0.4, -0.2) is 42.6 Å². The molecule has 0 radical (unpaired) electrons. The molecule has 0 spiro atoms. The summed E-state index contributed by atoms with van der Waals surface area (Å²) >= 11 is 0. The molecule has 0 saturated heterocycles. The molecule has 0 aromatic heterocycles. The molecule has 1 aliphatic carbocycles. The fourth-order valence-corrected chi connectivity index (χ4v) is 2.31. The maximum absolute atomic E-state index is 11.8. The van der Waals surface area contributed by atoms with E-state index in [9.17, 15) is 4.79 Å². The Morgan fingerprint density at radius 2 is 1.88 bits per heavy atom. The van der Waals surface area contributed by atoms with Gasteiger partial charge in [0.25, 0.3) is 0 Å². The van der Waals surface area contributed by atoms with Crippen LogP contribution in [0.25, 0.3) is 0 Å². The SMILES string of the molecule is CCN(CC)C(=O)COC1(CN)CCCC1. The lowest BCUT2D eigenvalue weighted by Crippen LogP contribution is -2.42. The average Bonchev–Trinajstić information content (AvgIpc) is 2.77. The van der Waals surface area contributed by atoms with Crippen LogP contribution in [0.1, 0.15) is 39.5 Å². The summed E-state index contributed by atoms with van der Waals surface area (Å²) in [4.78, 5) is 13.6. The molecule has 16 heavy (non-hydrogen) atoms. The number of hydrogen-bond donors (Lipinski definition) is 1. The van der Waals surface area contributed by atoms with E-state index in [4.69, 9.17) is 10.5 Å². The molecule has 0 heterocycles. The number of carbonyl (C=O) groups is 1. The van der Waals surface area contributed by atoms with Crippen LogP contribution in [-0.2, 0) is 9.53 Å². The largest absolute Gasteiger partial charge is 0.364 e. The molecule has 0 atom stereocenters. The first-order chi connectivity index (χ1) is 7.67. The minimum Gasteiger partial charge on any atom is -0.364 e. The van der Waals surface area contributed by atoms with Gasteiger partial charge in [-0.1, -0.05) is 12.8 Å². The Morgan fingerprint density at radius 3 is 2.31 bits per heavy atom. The minimum atomic E-state index is -0.219. The summed E-state index contributed by atoms with van der Waals surface area (Å²) in [5, 5.41) is 0. The molecule has 94 valence electrons. The lowest BCUT2D eigenvalue weighted by molar-refractivity contribution is -0.142. The molecule has 0 aliphatic heterocycles. The number of amides is 1. The normalized spacial score (nSPS) is 18.7. The van der Waals surface area contributed by atoms with E-state index in [0.717, 1.165) is 38.8 Å². The van der Waals surface area contributed by atoms with Crippen LogP contribution in [0, 0.1) is 0 Å². The Labute approximate surface area is 98.1 Å². The third kappa shape index (κ3) is 3.19. The second kappa shape index (κ2) is 6.21. The van der Waals surface area contributed by atoms with Crippen molar-refractivity contribution in [2.75, 3.05) is 26.2 Å². The Kier molecular flexibility index (Phi) is 5.22. The number of nitrogens with zero attached hydrogens (tertiary/aromatic N) is 1. The van der Waals surface area contributed by atoms with Crippen molar-refractivity contribution in [1.29, 1.82) is 0 Å². The first kappa shape index (κ1) is 13.5. The summed E-state index contributed by atoms with van der Waals surface area (Å²) < 4.78 is 5.77. The summed E-state index contributed by atoms with van der Waals surface area (Å²) in [5.74, 6) is 0.0738. The highest BCUT2D eigenvalue weighted by Crippen LogP contribution is 2.32. The molecular weight excluding hydrogens is 204 g/mol. The molecule has 2 N–H and O–H groups in total. The molecule has 1 rings (SSSR count). The van der Waals surface area contributed by atoms with Crippen molar-refractivity contribution in [3.8, 4) is 0 Å². The van der Waals surface area contributed by atoms with Gasteiger partial charge in [-0.05, 0) is 26.7 Å². The summed E-state index contributed by atoms with van der Waals surface area (Å²) in [6, 6.07) is 0. The van der Waals surface area contributed by atoms with Crippen LogP contribution in [0.3, 0.4) is 0 Å². The second-order valence-electron chi connectivity index (χ2n) is 4.45. The van der Waals surface area contributed by atoms with E-state index in [1.807, 2.05) is 13.8 Å². The van der Waals surface area contributed by atoms with Crippen molar-refractivity contribution in [3.63, 3.8) is 0 Å². The van der Waals surface area contributed by atoms with E-state index >= 15 is 0 Å². The molecule has 0 unspecified atom stereocenters. The molecule has 0 bridgehead atoms. The molecule has 4 nitrogen and oxygen atoms in total. The van der Waals surface area contributed by atoms with Gasteiger partial charge < -0.3 is 15.4 Å². The summed E-state index contributed by atoms with van der Waals surface area (Å²) in [7, 11) is 0. The quantitative estimate of drug-likeness (QED) is 0.742. The van der Waals surface area contributed by atoms with Crippen LogP contribution in [0.5, 0.6) is 0 Å². The topological polar surface area (TPSA) is 55.6 Å². The smallest absolute Gasteiger partial charge is 0.248 e.